The summed E-state index contributed by atoms with van der Waals surface area (Å²) in [5.41, 5.74) is 1.02. The van der Waals surface area contributed by atoms with Gasteiger partial charge in [-0.3, -0.25) is 4.99 Å². The van der Waals surface area contributed by atoms with Gasteiger partial charge in [0.1, 0.15) is 11.4 Å². The Kier molecular flexibility index (Phi) is 4.27. The van der Waals surface area contributed by atoms with Crippen molar-refractivity contribution in [1.82, 2.24) is 10.3 Å². The molecule has 3 aliphatic heterocycles. The van der Waals surface area contributed by atoms with Crippen LogP contribution in [0.3, 0.4) is 0 Å². The first-order valence-electron chi connectivity index (χ1n) is 9.08. The molecule has 1 aromatic heterocycles. The predicted molar refractivity (Wildman–Crippen MR) is 119 cm³/mol. The SMILES string of the molecule is CSc1cc(Cl)c(N2CCC34C=Cc5cccnc5NC3(C2)NC=N4)c(Cl)c1. The number of thioether (sulfide) groups is 1. The zero-order valence-corrected chi connectivity index (χ0v) is 17.6. The van der Waals surface area contributed by atoms with E-state index in [0.29, 0.717) is 16.6 Å². The first-order valence-corrected chi connectivity index (χ1v) is 11.1. The van der Waals surface area contributed by atoms with Gasteiger partial charge in [0.2, 0.25) is 0 Å². The number of fused-ring (bicyclic) bond motifs is 1. The van der Waals surface area contributed by atoms with Crippen LogP contribution in [0.2, 0.25) is 10.0 Å². The Morgan fingerprint density at radius 2 is 2.07 bits per heavy atom. The molecule has 8 heteroatoms. The number of rotatable bonds is 2. The van der Waals surface area contributed by atoms with Gasteiger partial charge in [-0.25, -0.2) is 4.98 Å². The largest absolute Gasteiger partial charge is 0.365 e. The van der Waals surface area contributed by atoms with E-state index in [1.165, 1.54) is 0 Å². The van der Waals surface area contributed by atoms with Gasteiger partial charge < -0.3 is 15.5 Å². The fraction of sp³-hybridized carbons (Fsp3) is 0.300. The maximum absolute atomic E-state index is 6.64. The van der Waals surface area contributed by atoms with Crippen molar-refractivity contribution in [2.24, 2.45) is 4.99 Å². The lowest BCUT2D eigenvalue weighted by Gasteiger charge is -2.50. The van der Waals surface area contributed by atoms with Gasteiger partial charge in [0.05, 0.1) is 28.6 Å². The maximum atomic E-state index is 6.64. The predicted octanol–water partition coefficient (Wildman–Crippen LogP) is 4.53. The molecule has 1 aromatic carbocycles. The van der Waals surface area contributed by atoms with E-state index >= 15 is 0 Å². The molecule has 0 bridgehead atoms. The molecule has 2 unspecified atom stereocenters. The number of nitrogens with one attached hydrogen (secondary N) is 2. The summed E-state index contributed by atoms with van der Waals surface area (Å²) in [5, 5.41) is 8.47. The third kappa shape index (κ3) is 2.62. The second-order valence-corrected chi connectivity index (χ2v) is 8.94. The topological polar surface area (TPSA) is 52.6 Å². The number of halogens is 2. The van der Waals surface area contributed by atoms with Gasteiger partial charge in [0.25, 0.3) is 0 Å². The van der Waals surface area contributed by atoms with Gasteiger partial charge in [-0.2, -0.15) is 0 Å². The number of anilines is 2. The Bertz CT molecular complexity index is 987. The maximum Gasteiger partial charge on any atom is 0.157 e. The fourth-order valence-corrected chi connectivity index (χ4v) is 5.64. The van der Waals surface area contributed by atoms with E-state index in [1.54, 1.807) is 24.3 Å². The van der Waals surface area contributed by atoms with Gasteiger partial charge in [-0.15, -0.1) is 11.8 Å². The average Bonchev–Trinajstić information content (AvgIpc) is 2.98. The molecule has 5 rings (SSSR count). The molecule has 2 aromatic rings. The molecule has 0 spiro atoms. The molecular weight excluding hydrogens is 413 g/mol. The van der Waals surface area contributed by atoms with Crippen molar-refractivity contribution in [3.63, 3.8) is 0 Å². The van der Waals surface area contributed by atoms with Gasteiger partial charge in [0.15, 0.2) is 5.66 Å². The van der Waals surface area contributed by atoms with Crippen molar-refractivity contribution in [2.45, 2.75) is 22.5 Å². The summed E-state index contributed by atoms with van der Waals surface area (Å²) in [4.78, 5) is 12.7. The smallest absolute Gasteiger partial charge is 0.157 e. The molecule has 3 aliphatic rings. The zero-order chi connectivity index (χ0) is 19.4. The molecule has 4 heterocycles. The van der Waals surface area contributed by atoms with Crippen molar-refractivity contribution in [2.75, 3.05) is 29.6 Å². The highest BCUT2D eigenvalue weighted by molar-refractivity contribution is 7.98. The van der Waals surface area contributed by atoms with Crippen molar-refractivity contribution >= 4 is 58.9 Å². The molecule has 1 fully saturated rings. The summed E-state index contributed by atoms with van der Waals surface area (Å²) >= 11 is 14.9. The highest BCUT2D eigenvalue weighted by Crippen LogP contribution is 2.46. The quantitative estimate of drug-likeness (QED) is 0.684. The first kappa shape index (κ1) is 18.2. The Morgan fingerprint density at radius 3 is 2.86 bits per heavy atom. The van der Waals surface area contributed by atoms with Gasteiger partial charge in [-0.05, 0) is 36.9 Å². The van der Waals surface area contributed by atoms with Gasteiger partial charge in [0, 0.05) is 23.2 Å². The Morgan fingerprint density at radius 1 is 1.25 bits per heavy atom. The number of hydrogen-bond acceptors (Lipinski definition) is 6. The lowest BCUT2D eigenvalue weighted by atomic mass is 9.78. The number of piperidine rings is 1. The van der Waals surface area contributed by atoms with E-state index in [2.05, 4.69) is 38.7 Å². The van der Waals surface area contributed by atoms with Crippen LogP contribution >= 0.6 is 35.0 Å². The monoisotopic (exact) mass is 431 g/mol. The number of aliphatic imine (C=N–C) groups is 1. The van der Waals surface area contributed by atoms with Crippen molar-refractivity contribution < 1.29 is 0 Å². The minimum atomic E-state index is -0.522. The molecule has 2 atom stereocenters. The van der Waals surface area contributed by atoms with Gasteiger partial charge in [-0.1, -0.05) is 35.4 Å². The second-order valence-electron chi connectivity index (χ2n) is 7.24. The van der Waals surface area contributed by atoms with E-state index in [1.807, 2.05) is 24.5 Å². The molecule has 28 heavy (non-hydrogen) atoms. The number of pyridine rings is 1. The summed E-state index contributed by atoms with van der Waals surface area (Å²) in [6.07, 6.45) is 10.8. The molecule has 0 radical (unpaired) electrons. The van der Waals surface area contributed by atoms with Crippen LogP contribution in [0, 0.1) is 0 Å². The highest BCUT2D eigenvalue weighted by Gasteiger charge is 2.57. The summed E-state index contributed by atoms with van der Waals surface area (Å²) in [6, 6.07) is 7.95. The Balaban J connectivity index is 1.57. The fourth-order valence-electron chi connectivity index (χ4n) is 4.32. The second kappa shape index (κ2) is 6.58. The van der Waals surface area contributed by atoms with E-state index in [9.17, 15) is 0 Å². The van der Waals surface area contributed by atoms with Crippen LogP contribution in [-0.2, 0) is 0 Å². The molecule has 5 nitrogen and oxygen atoms in total. The van der Waals surface area contributed by atoms with Crippen molar-refractivity contribution in [3.8, 4) is 0 Å². The van der Waals surface area contributed by atoms with Crippen LogP contribution in [-0.4, -0.2) is 41.9 Å². The third-order valence-electron chi connectivity index (χ3n) is 5.79. The van der Waals surface area contributed by atoms with Crippen LogP contribution in [0.5, 0.6) is 0 Å². The standard InChI is InChI=1S/C20H19Cl2N5S/c1-28-14-9-15(21)17(16(22)10-14)27-8-6-19-5-4-13-3-2-7-23-18(13)26-20(19,11-27)25-12-24-19/h2-5,7,9-10,12H,6,8,11H2,1H3,(H,23,26)(H,24,25). The van der Waals surface area contributed by atoms with Crippen LogP contribution in [0.1, 0.15) is 12.0 Å². The molecule has 0 amide bonds. The molecule has 0 saturated carbocycles. The van der Waals surface area contributed by atoms with Crippen LogP contribution in [0.25, 0.3) is 6.08 Å². The van der Waals surface area contributed by atoms with Crippen LogP contribution < -0.4 is 15.5 Å². The zero-order valence-electron chi connectivity index (χ0n) is 15.2. The summed E-state index contributed by atoms with van der Waals surface area (Å²) in [7, 11) is 0. The van der Waals surface area contributed by atoms with Gasteiger partial charge >= 0.3 is 0 Å². The normalized spacial score (nSPS) is 27.3. The van der Waals surface area contributed by atoms with E-state index in [0.717, 1.165) is 34.9 Å². The molecule has 2 N–H and O–H groups in total. The Labute approximate surface area is 178 Å². The average molecular weight is 432 g/mol. The van der Waals surface area contributed by atoms with E-state index < -0.39 is 5.66 Å². The summed E-state index contributed by atoms with van der Waals surface area (Å²) in [6.45, 7) is 1.44. The third-order valence-corrected chi connectivity index (χ3v) is 7.07. The number of benzene rings is 1. The molecule has 1 saturated heterocycles. The molecule has 0 aliphatic carbocycles. The van der Waals surface area contributed by atoms with E-state index in [4.69, 9.17) is 28.2 Å². The number of aromatic nitrogens is 1. The van der Waals surface area contributed by atoms with Crippen molar-refractivity contribution in [1.29, 1.82) is 0 Å². The van der Waals surface area contributed by atoms with E-state index in [-0.39, 0.29) is 5.54 Å². The number of nitrogens with zero attached hydrogens (tertiary/aromatic N) is 3. The van der Waals surface area contributed by atoms with Crippen molar-refractivity contribution in [3.05, 3.63) is 52.1 Å². The lowest BCUT2D eigenvalue weighted by molar-refractivity contribution is 0.259. The molecular formula is C20H19Cl2N5S. The highest BCUT2D eigenvalue weighted by atomic mass is 35.5. The van der Waals surface area contributed by atoms with Crippen LogP contribution in [0.4, 0.5) is 11.5 Å². The molecule has 144 valence electrons. The summed E-state index contributed by atoms with van der Waals surface area (Å²) in [5.74, 6) is 0.843. The minimum absolute atomic E-state index is 0.387. The first-order chi connectivity index (χ1) is 13.6. The lowest BCUT2D eigenvalue weighted by Crippen LogP contribution is -2.70. The summed E-state index contributed by atoms with van der Waals surface area (Å²) < 4.78 is 0. The Hall–Kier alpha value is -1.89. The minimum Gasteiger partial charge on any atom is -0.365 e. The van der Waals surface area contributed by atoms with Crippen LogP contribution in [0.15, 0.2) is 46.4 Å². The number of hydrogen-bond donors (Lipinski definition) is 2.